The first-order valence-corrected chi connectivity index (χ1v) is 5.08. The van der Waals surface area contributed by atoms with Crippen molar-refractivity contribution in [1.82, 2.24) is 5.32 Å². The number of carbonyl (C=O) groups is 1. The maximum atomic E-state index is 13.3. The van der Waals surface area contributed by atoms with E-state index in [1.165, 1.54) is 19.2 Å². The highest BCUT2D eigenvalue weighted by Crippen LogP contribution is 2.20. The van der Waals surface area contributed by atoms with E-state index in [1.54, 1.807) is 6.92 Å². The van der Waals surface area contributed by atoms with Crippen molar-refractivity contribution in [3.8, 4) is 5.75 Å². The fraction of sp³-hybridized carbons (Fsp3) is 0.364. The van der Waals surface area contributed by atoms with Gasteiger partial charge in [-0.25, -0.2) is 9.18 Å². The molecule has 0 fully saturated rings. The maximum absolute atomic E-state index is 13.3. The molecule has 3 N–H and O–H groups in total. The lowest BCUT2D eigenvalue weighted by atomic mass is 10.3. The Bertz CT molecular complexity index is 398. The first-order chi connectivity index (χ1) is 8.06. The van der Waals surface area contributed by atoms with Crippen LogP contribution in [0, 0.1) is 5.82 Å². The van der Waals surface area contributed by atoms with Crippen LogP contribution in [0.5, 0.6) is 5.75 Å². The van der Waals surface area contributed by atoms with E-state index in [1.807, 2.05) is 0 Å². The van der Waals surface area contributed by atoms with Gasteiger partial charge in [0.1, 0.15) is 0 Å². The molecule has 6 heteroatoms. The number of ether oxygens (including phenoxy) is 1. The molecule has 0 radical (unpaired) electrons. The quantitative estimate of drug-likeness (QED) is 0.746. The van der Waals surface area contributed by atoms with E-state index in [9.17, 15) is 9.18 Å². The summed E-state index contributed by atoms with van der Waals surface area (Å²) in [6, 6.07) is 3.22. The fourth-order valence-electron chi connectivity index (χ4n) is 1.18. The van der Waals surface area contributed by atoms with E-state index < -0.39 is 11.8 Å². The largest absolute Gasteiger partial charge is 0.494 e. The molecule has 0 aliphatic carbocycles. The number of halogens is 1. The minimum absolute atomic E-state index is 0.111. The highest BCUT2D eigenvalue weighted by molar-refractivity contribution is 5.89. The number of rotatable bonds is 4. The van der Waals surface area contributed by atoms with Gasteiger partial charge >= 0.3 is 6.03 Å². The van der Waals surface area contributed by atoms with Crippen LogP contribution in [0.1, 0.15) is 6.92 Å². The van der Waals surface area contributed by atoms with Gasteiger partial charge < -0.3 is 20.5 Å². The lowest BCUT2D eigenvalue weighted by Crippen LogP contribution is -2.38. The van der Waals surface area contributed by atoms with Gasteiger partial charge in [0.15, 0.2) is 11.6 Å². The molecule has 0 unspecified atom stereocenters. The molecule has 1 aromatic rings. The van der Waals surface area contributed by atoms with Crippen molar-refractivity contribution in [2.75, 3.05) is 19.0 Å². The smallest absolute Gasteiger partial charge is 0.319 e. The van der Waals surface area contributed by atoms with Crippen LogP contribution in [0.3, 0.4) is 0 Å². The van der Waals surface area contributed by atoms with E-state index in [0.717, 1.165) is 6.07 Å². The summed E-state index contributed by atoms with van der Waals surface area (Å²) in [5, 5.41) is 13.7. The molecule has 1 rings (SSSR count). The summed E-state index contributed by atoms with van der Waals surface area (Å²) in [6.07, 6.45) is 0. The predicted molar refractivity (Wildman–Crippen MR) is 61.7 cm³/mol. The van der Waals surface area contributed by atoms with Crippen LogP contribution in [-0.2, 0) is 0 Å². The van der Waals surface area contributed by atoms with Crippen LogP contribution in [0.4, 0.5) is 14.9 Å². The Kier molecular flexibility index (Phi) is 4.71. The molecular formula is C11H15FN2O3. The van der Waals surface area contributed by atoms with Crippen molar-refractivity contribution in [1.29, 1.82) is 0 Å². The number of methoxy groups -OCH3 is 1. The van der Waals surface area contributed by atoms with Gasteiger partial charge in [-0.05, 0) is 19.1 Å². The molecule has 0 aromatic heterocycles. The normalized spacial score (nSPS) is 11.8. The zero-order valence-corrected chi connectivity index (χ0v) is 9.66. The Morgan fingerprint density at radius 2 is 2.29 bits per heavy atom. The third kappa shape index (κ3) is 3.92. The van der Waals surface area contributed by atoms with Gasteiger partial charge in [0.25, 0.3) is 0 Å². The average molecular weight is 242 g/mol. The number of aliphatic hydroxyl groups excluding tert-OH is 1. The van der Waals surface area contributed by atoms with Crippen molar-refractivity contribution in [2.24, 2.45) is 0 Å². The van der Waals surface area contributed by atoms with Gasteiger partial charge in [0, 0.05) is 11.8 Å². The van der Waals surface area contributed by atoms with Crippen molar-refractivity contribution < 1.29 is 19.0 Å². The molecule has 0 aliphatic rings. The Balaban J connectivity index is 2.63. The minimum Gasteiger partial charge on any atom is -0.494 e. The van der Waals surface area contributed by atoms with Crippen molar-refractivity contribution in [3.63, 3.8) is 0 Å². The molecule has 1 atom stereocenters. The third-order valence-corrected chi connectivity index (χ3v) is 2.06. The monoisotopic (exact) mass is 242 g/mol. The van der Waals surface area contributed by atoms with Crippen LogP contribution < -0.4 is 15.4 Å². The van der Waals surface area contributed by atoms with Crippen LogP contribution in [0.15, 0.2) is 18.2 Å². The zero-order chi connectivity index (χ0) is 12.8. The number of aliphatic hydroxyl groups is 1. The number of nitrogens with one attached hydrogen (secondary N) is 2. The van der Waals surface area contributed by atoms with Crippen molar-refractivity contribution >= 4 is 11.7 Å². The molecule has 0 saturated heterocycles. The van der Waals surface area contributed by atoms with Crippen LogP contribution >= 0.6 is 0 Å². The molecule has 0 saturated carbocycles. The highest BCUT2D eigenvalue weighted by atomic mass is 19.1. The Morgan fingerprint density at radius 3 is 2.82 bits per heavy atom. The molecule has 5 nitrogen and oxygen atoms in total. The van der Waals surface area contributed by atoms with E-state index in [4.69, 9.17) is 9.84 Å². The first kappa shape index (κ1) is 13.2. The summed E-state index contributed by atoms with van der Waals surface area (Å²) in [7, 11) is 1.36. The van der Waals surface area contributed by atoms with Crippen molar-refractivity contribution in [2.45, 2.75) is 13.0 Å². The van der Waals surface area contributed by atoms with Gasteiger partial charge in [-0.1, -0.05) is 0 Å². The minimum atomic E-state index is -0.555. The van der Waals surface area contributed by atoms with Gasteiger partial charge in [-0.2, -0.15) is 0 Å². The molecule has 0 heterocycles. The number of benzene rings is 1. The van der Waals surface area contributed by atoms with Crippen LogP contribution in [0.25, 0.3) is 0 Å². The number of carbonyl (C=O) groups excluding carboxylic acids is 1. The summed E-state index contributed by atoms with van der Waals surface area (Å²) < 4.78 is 18.0. The average Bonchev–Trinajstić information content (AvgIpc) is 2.29. The second-order valence-electron chi connectivity index (χ2n) is 3.53. The fourth-order valence-corrected chi connectivity index (χ4v) is 1.18. The number of urea groups is 1. The molecular weight excluding hydrogens is 227 g/mol. The first-order valence-electron chi connectivity index (χ1n) is 5.08. The SMILES string of the molecule is COc1ccc(NC(=O)N[C@@H](C)CO)cc1F. The Hall–Kier alpha value is -1.82. The second-order valence-corrected chi connectivity index (χ2v) is 3.53. The number of hydrogen-bond acceptors (Lipinski definition) is 3. The lowest BCUT2D eigenvalue weighted by Gasteiger charge is -2.12. The van der Waals surface area contributed by atoms with Gasteiger partial charge in [0.05, 0.1) is 19.8 Å². The van der Waals surface area contributed by atoms with Gasteiger partial charge in [0.2, 0.25) is 0 Å². The Labute approximate surface area is 98.6 Å². The molecule has 17 heavy (non-hydrogen) atoms. The van der Waals surface area contributed by atoms with Crippen LogP contribution in [-0.4, -0.2) is 30.9 Å². The Morgan fingerprint density at radius 1 is 1.59 bits per heavy atom. The third-order valence-electron chi connectivity index (χ3n) is 2.06. The van der Waals surface area contributed by atoms with E-state index in [-0.39, 0.29) is 18.4 Å². The van der Waals surface area contributed by atoms with Gasteiger partial charge in [-0.15, -0.1) is 0 Å². The molecule has 0 spiro atoms. The molecule has 0 bridgehead atoms. The van der Waals surface area contributed by atoms with E-state index in [2.05, 4.69) is 10.6 Å². The molecule has 94 valence electrons. The summed E-state index contributed by atoms with van der Waals surface area (Å²) in [4.78, 5) is 11.4. The summed E-state index contributed by atoms with van der Waals surface area (Å²) in [6.45, 7) is 1.48. The number of hydrogen-bond donors (Lipinski definition) is 3. The van der Waals surface area contributed by atoms with E-state index >= 15 is 0 Å². The zero-order valence-electron chi connectivity index (χ0n) is 9.66. The predicted octanol–water partition coefficient (Wildman–Crippen LogP) is 1.34. The molecule has 2 amide bonds. The summed E-state index contributed by atoms with van der Waals surface area (Å²) in [5.41, 5.74) is 0.311. The summed E-state index contributed by atoms with van der Waals surface area (Å²) >= 11 is 0. The molecule has 0 aliphatic heterocycles. The standard InChI is InChI=1S/C11H15FN2O3/c1-7(6-15)13-11(16)14-8-3-4-10(17-2)9(12)5-8/h3-5,7,15H,6H2,1-2H3,(H2,13,14,16)/t7-/m0/s1. The summed E-state index contributed by atoms with van der Waals surface area (Å²) in [5.74, 6) is -0.444. The van der Waals surface area contributed by atoms with E-state index in [0.29, 0.717) is 5.69 Å². The van der Waals surface area contributed by atoms with Gasteiger partial charge in [-0.3, -0.25) is 0 Å². The van der Waals surface area contributed by atoms with Crippen molar-refractivity contribution in [3.05, 3.63) is 24.0 Å². The topological polar surface area (TPSA) is 70.6 Å². The highest BCUT2D eigenvalue weighted by Gasteiger charge is 2.08. The maximum Gasteiger partial charge on any atom is 0.319 e. The number of anilines is 1. The van der Waals surface area contributed by atoms with Crippen LogP contribution in [0.2, 0.25) is 0 Å². The second kappa shape index (κ2) is 6.05. The lowest BCUT2D eigenvalue weighted by molar-refractivity contribution is 0.229. The molecule has 1 aromatic carbocycles. The number of amides is 2.